The summed E-state index contributed by atoms with van der Waals surface area (Å²) in [6.45, 7) is 0. The molecule has 0 atom stereocenters. The maximum absolute atomic E-state index is 13.1. The molecule has 2 heteroatoms. The molecule has 1 nitrogen and oxygen atoms in total. The Hall–Kier alpha value is -1.83. The van der Waals surface area contributed by atoms with E-state index in [2.05, 4.69) is 17.4 Å². The fraction of sp³-hybridized carbons (Fsp3) is 0.143. The second kappa shape index (κ2) is 3.63. The Labute approximate surface area is 93.9 Å². The number of aryl methyl sites for hydroxylation is 2. The number of rotatable bonds is 0. The van der Waals surface area contributed by atoms with E-state index >= 15 is 0 Å². The van der Waals surface area contributed by atoms with Crippen molar-refractivity contribution in [2.45, 2.75) is 12.8 Å². The summed E-state index contributed by atoms with van der Waals surface area (Å²) < 4.78 is 13.1. The molecule has 0 amide bonds. The van der Waals surface area contributed by atoms with E-state index < -0.39 is 0 Å². The molecule has 0 saturated carbocycles. The van der Waals surface area contributed by atoms with E-state index in [-0.39, 0.29) is 5.82 Å². The van der Waals surface area contributed by atoms with Crippen molar-refractivity contribution in [2.75, 3.05) is 5.32 Å². The Morgan fingerprint density at radius 1 is 0.875 bits per heavy atom. The van der Waals surface area contributed by atoms with Crippen LogP contribution >= 0.6 is 0 Å². The second-order valence-electron chi connectivity index (χ2n) is 4.08. The summed E-state index contributed by atoms with van der Waals surface area (Å²) >= 11 is 0. The Morgan fingerprint density at radius 2 is 1.62 bits per heavy atom. The van der Waals surface area contributed by atoms with Gasteiger partial charge in [0.2, 0.25) is 0 Å². The highest BCUT2D eigenvalue weighted by Crippen LogP contribution is 2.29. The fourth-order valence-corrected chi connectivity index (χ4v) is 2.17. The van der Waals surface area contributed by atoms with Crippen LogP contribution in [0.2, 0.25) is 0 Å². The van der Waals surface area contributed by atoms with Gasteiger partial charge in [-0.25, -0.2) is 4.39 Å². The van der Waals surface area contributed by atoms with Crippen LogP contribution < -0.4 is 5.32 Å². The molecule has 0 spiro atoms. The number of para-hydroxylation sites is 1. The minimum atomic E-state index is -0.161. The number of anilines is 2. The van der Waals surface area contributed by atoms with Crippen LogP contribution in [0.5, 0.6) is 0 Å². The van der Waals surface area contributed by atoms with Gasteiger partial charge in [-0.05, 0) is 48.2 Å². The van der Waals surface area contributed by atoms with Crippen LogP contribution in [0.15, 0.2) is 42.5 Å². The van der Waals surface area contributed by atoms with Crippen LogP contribution in [0, 0.1) is 5.82 Å². The van der Waals surface area contributed by atoms with Crippen LogP contribution in [-0.2, 0) is 12.8 Å². The molecule has 1 aliphatic rings. The zero-order valence-electron chi connectivity index (χ0n) is 8.83. The van der Waals surface area contributed by atoms with E-state index in [1.54, 1.807) is 6.07 Å². The van der Waals surface area contributed by atoms with Crippen LogP contribution in [0.1, 0.15) is 11.1 Å². The van der Waals surface area contributed by atoms with Gasteiger partial charge in [-0.3, -0.25) is 0 Å². The third kappa shape index (κ3) is 1.56. The topological polar surface area (TPSA) is 12.0 Å². The first kappa shape index (κ1) is 9.40. The Bertz CT molecular complexity index is 534. The van der Waals surface area contributed by atoms with Gasteiger partial charge in [0.05, 0.1) is 0 Å². The molecular weight excluding hydrogens is 201 g/mol. The lowest BCUT2D eigenvalue weighted by atomic mass is 10.0. The Balaban J connectivity index is 2.08. The summed E-state index contributed by atoms with van der Waals surface area (Å²) in [5.41, 5.74) is 4.49. The third-order valence-electron chi connectivity index (χ3n) is 3.02. The van der Waals surface area contributed by atoms with Crippen molar-refractivity contribution in [3.05, 3.63) is 59.4 Å². The molecule has 0 unspecified atom stereocenters. The third-order valence-corrected chi connectivity index (χ3v) is 3.02. The number of fused-ring (bicyclic) bond motifs is 2. The van der Waals surface area contributed by atoms with Crippen molar-refractivity contribution in [3.8, 4) is 0 Å². The first-order chi connectivity index (χ1) is 7.83. The molecule has 2 aromatic rings. The minimum absolute atomic E-state index is 0.161. The molecule has 1 heterocycles. The van der Waals surface area contributed by atoms with E-state index in [1.165, 1.54) is 11.6 Å². The zero-order valence-corrected chi connectivity index (χ0v) is 8.83. The lowest BCUT2D eigenvalue weighted by Gasteiger charge is -2.09. The zero-order chi connectivity index (χ0) is 11.0. The molecule has 0 aromatic heterocycles. The molecule has 16 heavy (non-hydrogen) atoms. The molecule has 2 aromatic carbocycles. The van der Waals surface area contributed by atoms with E-state index in [1.807, 2.05) is 18.2 Å². The molecule has 0 aliphatic carbocycles. The van der Waals surface area contributed by atoms with Gasteiger partial charge >= 0.3 is 0 Å². The normalized spacial score (nSPS) is 13.3. The largest absolute Gasteiger partial charge is 0.355 e. The molecule has 1 N–H and O–H groups in total. The summed E-state index contributed by atoms with van der Waals surface area (Å²) in [5.74, 6) is -0.161. The van der Waals surface area contributed by atoms with Crippen molar-refractivity contribution < 1.29 is 4.39 Å². The van der Waals surface area contributed by atoms with E-state index in [0.717, 1.165) is 29.8 Å². The fourth-order valence-electron chi connectivity index (χ4n) is 2.17. The van der Waals surface area contributed by atoms with Gasteiger partial charge in [-0.2, -0.15) is 0 Å². The van der Waals surface area contributed by atoms with Gasteiger partial charge in [0.15, 0.2) is 0 Å². The molecule has 0 fully saturated rings. The predicted octanol–water partition coefficient (Wildman–Crippen LogP) is 3.67. The first-order valence-electron chi connectivity index (χ1n) is 5.46. The summed E-state index contributed by atoms with van der Waals surface area (Å²) in [6.07, 6.45) is 1.84. The van der Waals surface area contributed by atoms with Crippen molar-refractivity contribution in [1.29, 1.82) is 0 Å². The number of hydrogen-bond acceptors (Lipinski definition) is 1. The average Bonchev–Trinajstić information content (AvgIpc) is 2.48. The molecular formula is C14H12FN. The highest BCUT2D eigenvalue weighted by Gasteiger charge is 2.12. The quantitative estimate of drug-likeness (QED) is 0.704. The van der Waals surface area contributed by atoms with Crippen molar-refractivity contribution in [1.82, 2.24) is 0 Å². The number of halogens is 1. The maximum atomic E-state index is 13.1. The maximum Gasteiger partial charge on any atom is 0.123 e. The SMILES string of the molecule is Fc1ccc2c(c1)CCc1ccccc1N2. The van der Waals surface area contributed by atoms with Gasteiger partial charge in [-0.15, -0.1) is 0 Å². The molecule has 3 rings (SSSR count). The van der Waals surface area contributed by atoms with Crippen molar-refractivity contribution in [3.63, 3.8) is 0 Å². The lowest BCUT2D eigenvalue weighted by molar-refractivity contribution is 0.625. The van der Waals surface area contributed by atoms with Crippen LogP contribution in [0.25, 0.3) is 0 Å². The number of benzene rings is 2. The summed E-state index contributed by atoms with van der Waals surface area (Å²) in [4.78, 5) is 0. The molecule has 0 saturated heterocycles. The summed E-state index contributed by atoms with van der Waals surface area (Å²) in [6, 6.07) is 13.2. The molecule has 80 valence electrons. The summed E-state index contributed by atoms with van der Waals surface area (Å²) in [5, 5.41) is 3.36. The summed E-state index contributed by atoms with van der Waals surface area (Å²) in [7, 11) is 0. The van der Waals surface area contributed by atoms with Crippen molar-refractivity contribution in [2.24, 2.45) is 0 Å². The van der Waals surface area contributed by atoms with Crippen LogP contribution in [0.3, 0.4) is 0 Å². The van der Waals surface area contributed by atoms with Crippen molar-refractivity contribution >= 4 is 11.4 Å². The standard InChI is InChI=1S/C14H12FN/c15-12-7-8-14-11(9-12)6-5-10-3-1-2-4-13(10)16-14/h1-4,7-9,16H,5-6H2. The molecule has 1 aliphatic heterocycles. The molecule has 0 bridgehead atoms. The van der Waals surface area contributed by atoms with E-state index in [9.17, 15) is 4.39 Å². The Kier molecular flexibility index (Phi) is 2.13. The monoisotopic (exact) mass is 213 g/mol. The predicted molar refractivity (Wildman–Crippen MR) is 63.5 cm³/mol. The van der Waals surface area contributed by atoms with E-state index in [0.29, 0.717) is 0 Å². The van der Waals surface area contributed by atoms with Gasteiger partial charge in [0.1, 0.15) is 5.82 Å². The number of nitrogens with one attached hydrogen (secondary N) is 1. The van der Waals surface area contributed by atoms with Gasteiger partial charge in [0.25, 0.3) is 0 Å². The lowest BCUT2D eigenvalue weighted by Crippen LogP contribution is -1.93. The highest BCUT2D eigenvalue weighted by atomic mass is 19.1. The minimum Gasteiger partial charge on any atom is -0.355 e. The van der Waals surface area contributed by atoms with E-state index in [4.69, 9.17) is 0 Å². The van der Waals surface area contributed by atoms with Crippen LogP contribution in [0.4, 0.5) is 15.8 Å². The average molecular weight is 213 g/mol. The van der Waals surface area contributed by atoms with Gasteiger partial charge in [-0.1, -0.05) is 18.2 Å². The second-order valence-corrected chi connectivity index (χ2v) is 4.08. The number of hydrogen-bond donors (Lipinski definition) is 1. The van der Waals surface area contributed by atoms with Gasteiger partial charge in [0, 0.05) is 11.4 Å². The highest BCUT2D eigenvalue weighted by molar-refractivity contribution is 5.68. The van der Waals surface area contributed by atoms with Gasteiger partial charge < -0.3 is 5.32 Å². The molecule has 0 radical (unpaired) electrons. The smallest absolute Gasteiger partial charge is 0.123 e. The Morgan fingerprint density at radius 3 is 2.56 bits per heavy atom. The van der Waals surface area contributed by atoms with Crippen LogP contribution in [-0.4, -0.2) is 0 Å². The first-order valence-corrected chi connectivity index (χ1v) is 5.46.